The number of nitrogens with zero attached hydrogens (tertiary/aromatic N) is 2. The van der Waals surface area contributed by atoms with Gasteiger partial charge in [0.1, 0.15) is 0 Å². The number of fused-ring (bicyclic) bond motifs is 2. The number of benzene rings is 3. The lowest BCUT2D eigenvalue weighted by Crippen LogP contribution is -2.49. The number of hydrazine groups is 1. The van der Waals surface area contributed by atoms with Gasteiger partial charge in [0, 0.05) is 42.2 Å². The number of carbonyl (C=O) groups is 3. The van der Waals surface area contributed by atoms with Crippen LogP contribution in [0, 0.1) is 0 Å². The van der Waals surface area contributed by atoms with E-state index in [0.717, 1.165) is 17.9 Å². The van der Waals surface area contributed by atoms with Gasteiger partial charge in [-0.15, -0.1) is 0 Å². The highest BCUT2D eigenvalue weighted by molar-refractivity contribution is 7.89. The van der Waals surface area contributed by atoms with Gasteiger partial charge < -0.3 is 29.6 Å². The maximum absolute atomic E-state index is 13.3. The fourth-order valence-electron chi connectivity index (χ4n) is 4.91. The minimum atomic E-state index is -3.77. The molecule has 1 fully saturated rings. The highest BCUT2D eigenvalue weighted by Crippen LogP contribution is 2.35. The minimum absolute atomic E-state index is 0.0142. The summed E-state index contributed by atoms with van der Waals surface area (Å²) >= 11 is 0. The van der Waals surface area contributed by atoms with Gasteiger partial charge in [-0.3, -0.25) is 19.8 Å². The van der Waals surface area contributed by atoms with Gasteiger partial charge in [-0.2, -0.15) is 4.31 Å². The molecule has 0 aromatic heterocycles. The number of nitrogens with one attached hydrogen (secondary N) is 3. The summed E-state index contributed by atoms with van der Waals surface area (Å²) in [4.78, 5) is 39.3. The van der Waals surface area contributed by atoms with Gasteiger partial charge in [0.2, 0.25) is 35.4 Å². The molecule has 0 atom stereocenters. The van der Waals surface area contributed by atoms with Gasteiger partial charge in [0.25, 0.3) is 5.91 Å². The first kappa shape index (κ1) is 29.2. The van der Waals surface area contributed by atoms with Crippen molar-refractivity contribution in [2.45, 2.75) is 17.7 Å². The van der Waals surface area contributed by atoms with Crippen LogP contribution >= 0.6 is 0 Å². The molecule has 0 spiro atoms. The average molecular weight is 624 g/mol. The zero-order valence-corrected chi connectivity index (χ0v) is 24.2. The number of hydrogen-bond acceptors (Lipinski definition) is 10. The van der Waals surface area contributed by atoms with E-state index in [-0.39, 0.29) is 24.0 Å². The van der Waals surface area contributed by atoms with Gasteiger partial charge >= 0.3 is 0 Å². The smallest absolute Gasteiger partial charge is 0.265 e. The van der Waals surface area contributed by atoms with Crippen LogP contribution in [0.15, 0.2) is 65.6 Å². The monoisotopic (exact) mass is 623 g/mol. The van der Waals surface area contributed by atoms with E-state index in [4.69, 9.17) is 18.9 Å². The molecule has 0 bridgehead atoms. The third kappa shape index (κ3) is 6.54. The fraction of sp³-hybridized carbons (Fsp3) is 0.276. The molecule has 6 rings (SSSR count). The summed E-state index contributed by atoms with van der Waals surface area (Å²) < 4.78 is 48.8. The molecular weight excluding hydrogens is 594 g/mol. The van der Waals surface area contributed by atoms with Crippen LogP contribution in [-0.4, -0.2) is 75.2 Å². The summed E-state index contributed by atoms with van der Waals surface area (Å²) in [6.07, 6.45) is 1.55. The number of carbonyl (C=O) groups excluding carboxylic acids is 3. The molecule has 14 nitrogen and oxygen atoms in total. The SMILES string of the molecule is O=C(CN(CC(=O)Nc1ccc2c(c1)OCO2)NC(=O)c1cccc(S(=O)(=O)N2CCCC2)c1)Nc1ccc2c(c1)OCO2. The van der Waals surface area contributed by atoms with E-state index in [1.54, 1.807) is 36.4 Å². The Morgan fingerprint density at radius 3 is 1.84 bits per heavy atom. The number of hydrogen-bond donors (Lipinski definition) is 3. The molecule has 3 aromatic carbocycles. The second-order valence-electron chi connectivity index (χ2n) is 10.2. The molecule has 0 saturated carbocycles. The molecule has 3 aliphatic rings. The average Bonchev–Trinajstić information content (AvgIpc) is 3.79. The van der Waals surface area contributed by atoms with Gasteiger partial charge in [0.05, 0.1) is 18.0 Å². The van der Waals surface area contributed by atoms with Crippen LogP contribution in [0.5, 0.6) is 23.0 Å². The number of amides is 3. The molecule has 1 saturated heterocycles. The Balaban J connectivity index is 1.17. The van der Waals surface area contributed by atoms with Gasteiger partial charge in [-0.1, -0.05) is 6.07 Å². The standard InChI is InChI=1S/C29H29N5O9S/c35-27(30-20-6-8-23-25(13-20)42-17-40-23)15-33(16-28(36)31-21-7-9-24-26(14-21)43-18-41-24)32-29(37)19-4-3-5-22(12-19)44(38,39)34-10-1-2-11-34/h3-9,12-14H,1-2,10-11,15-18H2,(H,30,35)(H,31,36)(H,32,37). The Morgan fingerprint density at radius 1 is 0.727 bits per heavy atom. The van der Waals surface area contributed by atoms with E-state index in [1.165, 1.54) is 28.6 Å². The third-order valence-corrected chi connectivity index (χ3v) is 8.93. The lowest BCUT2D eigenvalue weighted by molar-refractivity contribution is -0.120. The Bertz CT molecular complexity index is 1640. The summed E-state index contributed by atoms with van der Waals surface area (Å²) in [6, 6.07) is 15.4. The van der Waals surface area contributed by atoms with Crippen molar-refractivity contribution in [1.29, 1.82) is 0 Å². The predicted molar refractivity (Wildman–Crippen MR) is 156 cm³/mol. The van der Waals surface area contributed by atoms with Crippen LogP contribution in [0.25, 0.3) is 0 Å². The summed E-state index contributed by atoms with van der Waals surface area (Å²) in [5.41, 5.74) is 3.47. The van der Waals surface area contributed by atoms with Crippen LogP contribution in [0.2, 0.25) is 0 Å². The van der Waals surface area contributed by atoms with Crippen molar-refractivity contribution in [3.05, 3.63) is 66.2 Å². The molecule has 0 unspecified atom stereocenters. The van der Waals surface area contributed by atoms with Crippen LogP contribution < -0.4 is 35.0 Å². The fourth-order valence-corrected chi connectivity index (χ4v) is 6.48. The first-order valence-electron chi connectivity index (χ1n) is 13.8. The van der Waals surface area contributed by atoms with Crippen molar-refractivity contribution in [3.8, 4) is 23.0 Å². The Hall–Kier alpha value is -4.86. The highest BCUT2D eigenvalue weighted by atomic mass is 32.2. The van der Waals surface area contributed by atoms with Gasteiger partial charge in [-0.05, 0) is 55.3 Å². The van der Waals surface area contributed by atoms with Crippen LogP contribution in [-0.2, 0) is 19.6 Å². The molecule has 15 heteroatoms. The summed E-state index contributed by atoms with van der Waals surface area (Å²) in [7, 11) is -3.77. The molecule has 0 aliphatic carbocycles. The lowest BCUT2D eigenvalue weighted by atomic mass is 10.2. The second-order valence-corrected chi connectivity index (χ2v) is 12.1. The van der Waals surface area contributed by atoms with Crippen molar-refractivity contribution >= 4 is 39.1 Å². The van der Waals surface area contributed by atoms with Crippen molar-refractivity contribution in [2.75, 3.05) is 50.4 Å². The molecule has 3 aromatic rings. The van der Waals surface area contributed by atoms with Crippen LogP contribution in [0.1, 0.15) is 23.2 Å². The molecule has 3 N–H and O–H groups in total. The van der Waals surface area contributed by atoms with Gasteiger partial charge in [0.15, 0.2) is 23.0 Å². The first-order valence-corrected chi connectivity index (χ1v) is 15.2. The lowest BCUT2D eigenvalue weighted by Gasteiger charge is -2.23. The maximum atomic E-state index is 13.3. The van der Waals surface area contributed by atoms with Crippen LogP contribution in [0.3, 0.4) is 0 Å². The third-order valence-electron chi connectivity index (χ3n) is 7.04. The van der Waals surface area contributed by atoms with E-state index < -0.39 is 40.8 Å². The summed E-state index contributed by atoms with van der Waals surface area (Å²) in [5, 5.41) is 6.56. The van der Waals surface area contributed by atoms with Crippen LogP contribution in [0.4, 0.5) is 11.4 Å². The van der Waals surface area contributed by atoms with Crippen molar-refractivity contribution in [1.82, 2.24) is 14.7 Å². The number of ether oxygens (including phenoxy) is 4. The van der Waals surface area contributed by atoms with E-state index >= 15 is 0 Å². The van der Waals surface area contributed by atoms with E-state index in [9.17, 15) is 22.8 Å². The largest absolute Gasteiger partial charge is 0.454 e. The Kier molecular flexibility index (Phi) is 8.23. The molecule has 3 heterocycles. The molecule has 44 heavy (non-hydrogen) atoms. The molecule has 3 aliphatic heterocycles. The molecular formula is C29H29N5O9S. The second kappa shape index (κ2) is 12.4. The first-order chi connectivity index (χ1) is 21.2. The number of rotatable bonds is 10. The molecule has 3 amide bonds. The number of anilines is 2. The predicted octanol–water partition coefficient (Wildman–Crippen LogP) is 2.15. The number of sulfonamides is 1. The maximum Gasteiger partial charge on any atom is 0.265 e. The Labute approximate surface area is 252 Å². The quantitative estimate of drug-likeness (QED) is 0.285. The normalized spacial score (nSPS) is 15.3. The minimum Gasteiger partial charge on any atom is -0.454 e. The van der Waals surface area contributed by atoms with Crippen molar-refractivity contribution in [2.24, 2.45) is 0 Å². The molecule has 0 radical (unpaired) electrons. The van der Waals surface area contributed by atoms with Gasteiger partial charge in [-0.25, -0.2) is 13.4 Å². The zero-order valence-electron chi connectivity index (χ0n) is 23.4. The topological polar surface area (TPSA) is 165 Å². The van der Waals surface area contributed by atoms with E-state index in [0.29, 0.717) is 47.5 Å². The van der Waals surface area contributed by atoms with Crippen molar-refractivity contribution in [3.63, 3.8) is 0 Å². The molecule has 230 valence electrons. The Morgan fingerprint density at radius 2 is 1.27 bits per heavy atom. The highest BCUT2D eigenvalue weighted by Gasteiger charge is 2.28. The van der Waals surface area contributed by atoms with E-state index in [1.807, 2.05) is 0 Å². The van der Waals surface area contributed by atoms with E-state index in [2.05, 4.69) is 16.1 Å². The summed E-state index contributed by atoms with van der Waals surface area (Å²) in [5.74, 6) is 0.266. The van der Waals surface area contributed by atoms with Crippen molar-refractivity contribution < 1.29 is 41.7 Å². The summed E-state index contributed by atoms with van der Waals surface area (Å²) in [6.45, 7) is 0.158. The zero-order chi connectivity index (χ0) is 30.7.